The van der Waals surface area contributed by atoms with E-state index in [4.69, 9.17) is 4.52 Å². The highest BCUT2D eigenvalue weighted by Gasteiger charge is 2.21. The highest BCUT2D eigenvalue weighted by atomic mass is 16.5. The van der Waals surface area contributed by atoms with E-state index in [1.807, 2.05) is 0 Å². The minimum Gasteiger partial charge on any atom is -0.334 e. The van der Waals surface area contributed by atoms with Gasteiger partial charge in [-0.15, -0.1) is 0 Å². The molecule has 20 heavy (non-hydrogen) atoms. The van der Waals surface area contributed by atoms with Crippen LogP contribution in [0.5, 0.6) is 0 Å². The lowest BCUT2D eigenvalue weighted by Crippen LogP contribution is -2.27. The van der Waals surface area contributed by atoms with Crippen LogP contribution in [0, 0.1) is 0 Å². The van der Waals surface area contributed by atoms with Crippen molar-refractivity contribution in [3.05, 3.63) is 35.2 Å². The Kier molecular flexibility index (Phi) is 3.03. The van der Waals surface area contributed by atoms with Crippen LogP contribution in [0.15, 0.2) is 22.7 Å². The topological polar surface area (TPSA) is 51.0 Å². The minimum atomic E-state index is 0.260. The summed E-state index contributed by atoms with van der Waals surface area (Å²) in [6, 6.07) is 6.79. The number of rotatable bonds is 2. The molecule has 0 radical (unpaired) electrons. The van der Waals surface area contributed by atoms with Crippen LogP contribution in [0.4, 0.5) is 0 Å². The third kappa shape index (κ3) is 2.14. The van der Waals surface area contributed by atoms with Gasteiger partial charge in [-0.2, -0.15) is 4.98 Å². The van der Waals surface area contributed by atoms with Crippen molar-refractivity contribution >= 4 is 0 Å². The van der Waals surface area contributed by atoms with Crippen LogP contribution in [-0.4, -0.2) is 16.7 Å². The van der Waals surface area contributed by atoms with Crippen LogP contribution in [0.3, 0.4) is 0 Å². The van der Waals surface area contributed by atoms with Gasteiger partial charge in [0.15, 0.2) is 5.82 Å². The second-order valence-corrected chi connectivity index (χ2v) is 5.80. The second kappa shape index (κ2) is 5.02. The SMILES string of the molecule is c1cc2c(cc1-c1nc(C3CCCCN3)no1)CCC2. The Morgan fingerprint density at radius 1 is 1.10 bits per heavy atom. The zero-order chi connectivity index (χ0) is 13.4. The van der Waals surface area contributed by atoms with E-state index >= 15 is 0 Å². The lowest BCUT2D eigenvalue weighted by molar-refractivity contribution is 0.367. The molecule has 1 aliphatic carbocycles. The third-order valence-corrected chi connectivity index (χ3v) is 4.41. The summed E-state index contributed by atoms with van der Waals surface area (Å²) in [6.45, 7) is 1.05. The Labute approximate surface area is 118 Å². The Hall–Kier alpha value is -1.68. The second-order valence-electron chi connectivity index (χ2n) is 5.80. The van der Waals surface area contributed by atoms with Gasteiger partial charge in [-0.25, -0.2) is 0 Å². The first-order chi connectivity index (χ1) is 9.90. The first-order valence-corrected chi connectivity index (χ1v) is 7.59. The molecule has 1 fully saturated rings. The molecule has 1 unspecified atom stereocenters. The lowest BCUT2D eigenvalue weighted by atomic mass is 10.0. The average Bonchev–Trinajstić information content (AvgIpc) is 3.16. The molecule has 0 saturated carbocycles. The van der Waals surface area contributed by atoms with Gasteiger partial charge in [0.2, 0.25) is 0 Å². The van der Waals surface area contributed by atoms with Crippen molar-refractivity contribution in [1.82, 2.24) is 15.5 Å². The first kappa shape index (κ1) is 12.1. The van der Waals surface area contributed by atoms with E-state index in [2.05, 4.69) is 33.7 Å². The molecular formula is C16H19N3O. The minimum absolute atomic E-state index is 0.260. The van der Waals surface area contributed by atoms with Gasteiger partial charge in [-0.3, -0.25) is 0 Å². The Morgan fingerprint density at radius 2 is 2.05 bits per heavy atom. The first-order valence-electron chi connectivity index (χ1n) is 7.59. The van der Waals surface area contributed by atoms with E-state index in [-0.39, 0.29) is 6.04 Å². The van der Waals surface area contributed by atoms with Crippen molar-refractivity contribution in [3.8, 4) is 11.5 Å². The number of benzene rings is 1. The number of hydrogen-bond donors (Lipinski definition) is 1. The summed E-state index contributed by atoms with van der Waals surface area (Å²) >= 11 is 0. The van der Waals surface area contributed by atoms with Crippen LogP contribution < -0.4 is 5.32 Å². The third-order valence-electron chi connectivity index (χ3n) is 4.41. The number of nitrogens with zero attached hydrogens (tertiary/aromatic N) is 2. The van der Waals surface area contributed by atoms with Crippen LogP contribution in [0.25, 0.3) is 11.5 Å². The van der Waals surface area contributed by atoms with Crippen LogP contribution in [-0.2, 0) is 12.8 Å². The van der Waals surface area contributed by atoms with Crippen molar-refractivity contribution in [2.24, 2.45) is 0 Å². The number of nitrogens with one attached hydrogen (secondary N) is 1. The number of aromatic nitrogens is 2. The van der Waals surface area contributed by atoms with E-state index in [9.17, 15) is 0 Å². The van der Waals surface area contributed by atoms with E-state index in [0.29, 0.717) is 5.89 Å². The van der Waals surface area contributed by atoms with Gasteiger partial charge in [0.05, 0.1) is 6.04 Å². The highest BCUT2D eigenvalue weighted by molar-refractivity contribution is 5.56. The maximum absolute atomic E-state index is 5.46. The molecule has 1 aliphatic heterocycles. The van der Waals surface area contributed by atoms with Crippen molar-refractivity contribution in [2.45, 2.75) is 44.6 Å². The summed E-state index contributed by atoms with van der Waals surface area (Å²) in [7, 11) is 0. The molecular weight excluding hydrogens is 250 g/mol. The summed E-state index contributed by atoms with van der Waals surface area (Å²) in [4.78, 5) is 4.59. The van der Waals surface area contributed by atoms with Crippen LogP contribution >= 0.6 is 0 Å². The van der Waals surface area contributed by atoms with Crippen LogP contribution in [0.1, 0.15) is 48.7 Å². The predicted molar refractivity (Wildman–Crippen MR) is 76.4 cm³/mol. The maximum Gasteiger partial charge on any atom is 0.257 e. The molecule has 1 atom stereocenters. The van der Waals surface area contributed by atoms with Crippen molar-refractivity contribution in [3.63, 3.8) is 0 Å². The zero-order valence-electron chi connectivity index (χ0n) is 11.6. The van der Waals surface area contributed by atoms with Gasteiger partial charge in [0.1, 0.15) is 0 Å². The van der Waals surface area contributed by atoms with Gasteiger partial charge in [-0.05, 0) is 61.9 Å². The molecule has 4 rings (SSSR count). The van der Waals surface area contributed by atoms with E-state index in [1.165, 1.54) is 43.2 Å². The van der Waals surface area contributed by atoms with E-state index in [1.54, 1.807) is 0 Å². The number of hydrogen-bond acceptors (Lipinski definition) is 4. The molecule has 104 valence electrons. The average molecular weight is 269 g/mol. The maximum atomic E-state index is 5.46. The highest BCUT2D eigenvalue weighted by Crippen LogP contribution is 2.28. The van der Waals surface area contributed by atoms with Gasteiger partial charge >= 0.3 is 0 Å². The fourth-order valence-electron chi connectivity index (χ4n) is 3.27. The van der Waals surface area contributed by atoms with Gasteiger partial charge in [0.25, 0.3) is 5.89 Å². The molecule has 1 aromatic heterocycles. The summed E-state index contributed by atoms with van der Waals surface area (Å²) in [6.07, 6.45) is 7.22. The molecule has 0 amide bonds. The smallest absolute Gasteiger partial charge is 0.257 e. The Balaban J connectivity index is 1.61. The fraction of sp³-hybridized carbons (Fsp3) is 0.500. The lowest BCUT2D eigenvalue weighted by Gasteiger charge is -2.19. The molecule has 1 N–H and O–H groups in total. The Bertz CT molecular complexity index is 614. The standard InChI is InChI=1S/C16H19N3O/c1-2-9-17-14(6-1)15-18-16(20-19-15)13-8-7-11-4-3-5-12(11)10-13/h7-8,10,14,17H,1-6,9H2. The molecule has 2 aromatic rings. The Morgan fingerprint density at radius 3 is 2.95 bits per heavy atom. The predicted octanol–water partition coefficient (Wildman–Crippen LogP) is 3.04. The molecule has 2 aliphatic rings. The molecule has 1 aromatic carbocycles. The van der Waals surface area contributed by atoms with Gasteiger partial charge < -0.3 is 9.84 Å². The molecule has 4 nitrogen and oxygen atoms in total. The van der Waals surface area contributed by atoms with E-state index in [0.717, 1.165) is 24.4 Å². The van der Waals surface area contributed by atoms with Crippen molar-refractivity contribution in [1.29, 1.82) is 0 Å². The van der Waals surface area contributed by atoms with Crippen molar-refractivity contribution in [2.75, 3.05) is 6.54 Å². The monoisotopic (exact) mass is 269 g/mol. The molecule has 1 saturated heterocycles. The summed E-state index contributed by atoms with van der Waals surface area (Å²) in [5.41, 5.74) is 3.97. The largest absolute Gasteiger partial charge is 0.334 e. The number of fused-ring (bicyclic) bond motifs is 1. The van der Waals surface area contributed by atoms with Gasteiger partial charge in [-0.1, -0.05) is 17.6 Å². The zero-order valence-corrected chi connectivity index (χ0v) is 11.6. The number of piperidine rings is 1. The normalized spacial score (nSPS) is 21.9. The molecule has 4 heteroatoms. The summed E-state index contributed by atoms with van der Waals surface area (Å²) < 4.78 is 5.46. The molecule has 0 bridgehead atoms. The fourth-order valence-corrected chi connectivity index (χ4v) is 3.27. The quantitative estimate of drug-likeness (QED) is 0.910. The van der Waals surface area contributed by atoms with Crippen molar-refractivity contribution < 1.29 is 4.52 Å². The molecule has 2 heterocycles. The molecule has 0 spiro atoms. The van der Waals surface area contributed by atoms with Crippen LogP contribution in [0.2, 0.25) is 0 Å². The number of aryl methyl sites for hydroxylation is 2. The summed E-state index contributed by atoms with van der Waals surface area (Å²) in [5.74, 6) is 1.46. The summed E-state index contributed by atoms with van der Waals surface area (Å²) in [5, 5.41) is 7.62. The van der Waals surface area contributed by atoms with E-state index < -0.39 is 0 Å². The van der Waals surface area contributed by atoms with Gasteiger partial charge in [0, 0.05) is 5.56 Å².